The predicted molar refractivity (Wildman–Crippen MR) is 71.3 cm³/mol. The van der Waals surface area contributed by atoms with Crippen LogP contribution in [-0.4, -0.2) is 0 Å². The van der Waals surface area contributed by atoms with Crippen molar-refractivity contribution in [3.63, 3.8) is 0 Å². The summed E-state index contributed by atoms with van der Waals surface area (Å²) in [7, 11) is 0. The Morgan fingerprint density at radius 2 is 1.88 bits per heavy atom. The third-order valence-corrected chi connectivity index (χ3v) is 3.71. The molecule has 1 atom stereocenters. The Labute approximate surface area is 109 Å². The lowest BCUT2D eigenvalue weighted by Gasteiger charge is -2.16. The molecule has 2 aromatic carbocycles. The molecule has 0 amide bonds. The molecule has 0 aliphatic rings. The predicted octanol–water partition coefficient (Wildman–Crippen LogP) is 3.94. The van der Waals surface area contributed by atoms with Gasteiger partial charge < -0.3 is 5.73 Å². The van der Waals surface area contributed by atoms with Crippen LogP contribution in [0.15, 0.2) is 46.9 Å². The number of benzene rings is 2. The van der Waals surface area contributed by atoms with Crippen LogP contribution in [0.2, 0.25) is 0 Å². The zero-order chi connectivity index (χ0) is 12.4. The van der Waals surface area contributed by atoms with Crippen LogP contribution in [0, 0.1) is 12.7 Å². The lowest BCUT2D eigenvalue weighted by atomic mass is 9.96. The third kappa shape index (κ3) is 2.56. The molecule has 0 fully saturated rings. The highest BCUT2D eigenvalue weighted by Gasteiger charge is 2.13. The van der Waals surface area contributed by atoms with Crippen LogP contribution < -0.4 is 5.73 Å². The van der Waals surface area contributed by atoms with Crippen molar-refractivity contribution in [2.75, 3.05) is 0 Å². The Balaban J connectivity index is 2.44. The molecule has 0 bridgehead atoms. The average molecular weight is 294 g/mol. The molecule has 2 rings (SSSR count). The lowest BCUT2D eigenvalue weighted by Crippen LogP contribution is -2.13. The van der Waals surface area contributed by atoms with Gasteiger partial charge in [0, 0.05) is 4.47 Å². The summed E-state index contributed by atoms with van der Waals surface area (Å²) in [6, 6.07) is 12.0. The maximum atomic E-state index is 13.2. The minimum atomic E-state index is -0.303. The number of hydrogen-bond donors (Lipinski definition) is 1. The van der Waals surface area contributed by atoms with E-state index >= 15 is 0 Å². The monoisotopic (exact) mass is 293 g/mol. The summed E-state index contributed by atoms with van der Waals surface area (Å²) in [5.41, 5.74) is 9.04. The fraction of sp³-hybridized carbons (Fsp3) is 0.143. The second-order valence-electron chi connectivity index (χ2n) is 3.99. The molecule has 0 aliphatic carbocycles. The van der Waals surface area contributed by atoms with E-state index in [1.807, 2.05) is 31.2 Å². The van der Waals surface area contributed by atoms with Crippen molar-refractivity contribution in [1.82, 2.24) is 0 Å². The maximum absolute atomic E-state index is 13.2. The number of nitrogens with two attached hydrogens (primary N) is 1. The smallest absolute Gasteiger partial charge is 0.123 e. The molecule has 1 nitrogen and oxygen atoms in total. The van der Waals surface area contributed by atoms with Crippen LogP contribution in [0.4, 0.5) is 4.39 Å². The van der Waals surface area contributed by atoms with Crippen molar-refractivity contribution in [2.24, 2.45) is 5.73 Å². The topological polar surface area (TPSA) is 26.0 Å². The highest BCUT2D eigenvalue weighted by atomic mass is 79.9. The summed E-state index contributed by atoms with van der Waals surface area (Å²) in [6.45, 7) is 2.00. The first kappa shape index (κ1) is 12.3. The van der Waals surface area contributed by atoms with Gasteiger partial charge in [-0.1, -0.05) is 40.2 Å². The Bertz CT molecular complexity index is 539. The molecule has 0 saturated carbocycles. The van der Waals surface area contributed by atoms with E-state index in [2.05, 4.69) is 15.9 Å². The van der Waals surface area contributed by atoms with E-state index in [9.17, 15) is 4.39 Å². The zero-order valence-corrected chi connectivity index (χ0v) is 11.0. The van der Waals surface area contributed by atoms with E-state index in [0.29, 0.717) is 0 Å². The fourth-order valence-electron chi connectivity index (χ4n) is 1.84. The second kappa shape index (κ2) is 4.98. The molecule has 0 radical (unpaired) electrons. The summed E-state index contributed by atoms with van der Waals surface area (Å²) in [4.78, 5) is 0. The Hall–Kier alpha value is -1.19. The molecular formula is C14H13BrFN. The Morgan fingerprint density at radius 3 is 2.59 bits per heavy atom. The second-order valence-corrected chi connectivity index (χ2v) is 4.84. The van der Waals surface area contributed by atoms with E-state index < -0.39 is 0 Å². The first-order valence-corrected chi connectivity index (χ1v) is 6.15. The molecule has 0 saturated heterocycles. The van der Waals surface area contributed by atoms with Gasteiger partial charge >= 0.3 is 0 Å². The highest BCUT2D eigenvalue weighted by Crippen LogP contribution is 2.27. The SMILES string of the molecule is Cc1c(Br)cccc1C(N)c1cccc(F)c1. The molecular weight excluding hydrogens is 281 g/mol. The van der Waals surface area contributed by atoms with Crippen LogP contribution in [0.1, 0.15) is 22.7 Å². The van der Waals surface area contributed by atoms with Crippen molar-refractivity contribution in [1.29, 1.82) is 0 Å². The molecule has 1 unspecified atom stereocenters. The fourth-order valence-corrected chi connectivity index (χ4v) is 2.22. The van der Waals surface area contributed by atoms with Gasteiger partial charge in [-0.2, -0.15) is 0 Å². The molecule has 2 aromatic rings. The minimum Gasteiger partial charge on any atom is -0.320 e. The van der Waals surface area contributed by atoms with Crippen molar-refractivity contribution < 1.29 is 4.39 Å². The first-order valence-electron chi connectivity index (χ1n) is 5.35. The molecule has 0 aromatic heterocycles. The zero-order valence-electron chi connectivity index (χ0n) is 9.45. The van der Waals surface area contributed by atoms with Gasteiger partial charge in [-0.3, -0.25) is 0 Å². The van der Waals surface area contributed by atoms with E-state index in [4.69, 9.17) is 5.73 Å². The van der Waals surface area contributed by atoms with Gasteiger partial charge in [0.25, 0.3) is 0 Å². The summed E-state index contributed by atoms with van der Waals surface area (Å²) in [5.74, 6) is -0.259. The van der Waals surface area contributed by atoms with Gasteiger partial charge in [0.2, 0.25) is 0 Å². The van der Waals surface area contributed by atoms with Crippen LogP contribution in [-0.2, 0) is 0 Å². The number of rotatable bonds is 2. The van der Waals surface area contributed by atoms with Gasteiger partial charge in [-0.05, 0) is 41.8 Å². The molecule has 0 spiro atoms. The number of halogens is 2. The molecule has 0 aliphatic heterocycles. The van der Waals surface area contributed by atoms with Crippen molar-refractivity contribution in [3.8, 4) is 0 Å². The van der Waals surface area contributed by atoms with E-state index in [0.717, 1.165) is 21.2 Å². The third-order valence-electron chi connectivity index (χ3n) is 2.85. The molecule has 2 N–H and O–H groups in total. The summed E-state index contributed by atoms with van der Waals surface area (Å²) < 4.78 is 14.2. The largest absolute Gasteiger partial charge is 0.320 e. The summed E-state index contributed by atoms with van der Waals surface area (Å²) in [6.07, 6.45) is 0. The van der Waals surface area contributed by atoms with Crippen LogP contribution >= 0.6 is 15.9 Å². The standard InChI is InChI=1S/C14H13BrFN/c1-9-12(6-3-7-13(9)15)14(17)10-4-2-5-11(16)8-10/h2-8,14H,17H2,1H3. The van der Waals surface area contributed by atoms with Gasteiger partial charge in [0.1, 0.15) is 5.82 Å². The highest BCUT2D eigenvalue weighted by molar-refractivity contribution is 9.10. The van der Waals surface area contributed by atoms with Gasteiger partial charge in [0.15, 0.2) is 0 Å². The Morgan fingerprint density at radius 1 is 1.18 bits per heavy atom. The number of hydrogen-bond acceptors (Lipinski definition) is 1. The van der Waals surface area contributed by atoms with Gasteiger partial charge in [-0.15, -0.1) is 0 Å². The van der Waals surface area contributed by atoms with E-state index in [1.54, 1.807) is 6.07 Å². The van der Waals surface area contributed by atoms with Crippen molar-refractivity contribution in [3.05, 3.63) is 69.4 Å². The molecule has 17 heavy (non-hydrogen) atoms. The normalized spacial score (nSPS) is 12.5. The average Bonchev–Trinajstić information content (AvgIpc) is 2.32. The molecule has 88 valence electrons. The van der Waals surface area contributed by atoms with Crippen molar-refractivity contribution >= 4 is 15.9 Å². The molecule has 3 heteroatoms. The van der Waals surface area contributed by atoms with Crippen LogP contribution in [0.5, 0.6) is 0 Å². The summed E-state index contributed by atoms with van der Waals surface area (Å²) in [5, 5.41) is 0. The van der Waals surface area contributed by atoms with E-state index in [1.165, 1.54) is 12.1 Å². The van der Waals surface area contributed by atoms with Crippen LogP contribution in [0.3, 0.4) is 0 Å². The first-order chi connectivity index (χ1) is 8.09. The Kier molecular flexibility index (Phi) is 3.60. The summed E-state index contributed by atoms with van der Waals surface area (Å²) >= 11 is 3.47. The van der Waals surface area contributed by atoms with Crippen LogP contribution in [0.25, 0.3) is 0 Å². The quantitative estimate of drug-likeness (QED) is 0.892. The molecule has 0 heterocycles. The minimum absolute atomic E-state index is 0.259. The van der Waals surface area contributed by atoms with Crippen molar-refractivity contribution in [2.45, 2.75) is 13.0 Å². The van der Waals surface area contributed by atoms with Gasteiger partial charge in [-0.25, -0.2) is 4.39 Å². The van der Waals surface area contributed by atoms with E-state index in [-0.39, 0.29) is 11.9 Å². The van der Waals surface area contributed by atoms with Gasteiger partial charge in [0.05, 0.1) is 6.04 Å². The lowest BCUT2D eigenvalue weighted by molar-refractivity contribution is 0.623. The maximum Gasteiger partial charge on any atom is 0.123 e.